The van der Waals surface area contributed by atoms with Crippen molar-refractivity contribution >= 4 is 28.3 Å². The molecule has 0 fully saturated rings. The number of esters is 1. The van der Waals surface area contributed by atoms with Crippen molar-refractivity contribution in [1.29, 1.82) is 0 Å². The van der Waals surface area contributed by atoms with Crippen LogP contribution in [-0.2, 0) is 16.1 Å². The Balaban J connectivity index is 1.67. The van der Waals surface area contributed by atoms with Gasteiger partial charge in [0.2, 0.25) is 4.96 Å². The average molecular weight is 341 g/mol. The molecule has 0 aliphatic heterocycles. The van der Waals surface area contributed by atoms with Gasteiger partial charge in [0.25, 0.3) is 5.56 Å². The zero-order valence-corrected chi connectivity index (χ0v) is 14.0. The zero-order valence-electron chi connectivity index (χ0n) is 13.2. The largest absolute Gasteiger partial charge is 0.455 e. The molecule has 0 N–H and O–H groups in total. The number of benzene rings is 1. The molecule has 0 saturated heterocycles. The summed E-state index contributed by atoms with van der Waals surface area (Å²) < 4.78 is 6.38. The Labute approximate surface area is 142 Å². The van der Waals surface area contributed by atoms with Gasteiger partial charge in [0.1, 0.15) is 6.61 Å². The van der Waals surface area contributed by atoms with E-state index in [1.54, 1.807) is 13.0 Å². The molecule has 0 saturated carbocycles. The highest BCUT2D eigenvalue weighted by Gasteiger charge is 2.09. The van der Waals surface area contributed by atoms with Gasteiger partial charge < -0.3 is 4.74 Å². The summed E-state index contributed by atoms with van der Waals surface area (Å²) in [6.45, 7) is 3.72. The molecule has 122 valence electrons. The fourth-order valence-electron chi connectivity index (χ4n) is 2.13. The Bertz CT molecular complexity index is 988. The monoisotopic (exact) mass is 341 g/mol. The standard InChI is InChI=1S/C17H15N3O3S/c1-11-5-3-4-6-13(11)7-8-16(22)23-10-14-19-20-15(21)9-12(2)18-17(20)24-14/h3-9H,10H2,1-2H3/b8-7+. The molecule has 2 heterocycles. The van der Waals surface area contributed by atoms with E-state index in [1.807, 2.05) is 31.2 Å². The van der Waals surface area contributed by atoms with E-state index in [2.05, 4.69) is 10.1 Å². The second kappa shape index (κ2) is 6.76. The molecule has 0 radical (unpaired) electrons. The molecule has 0 amide bonds. The minimum atomic E-state index is -0.464. The van der Waals surface area contributed by atoms with Gasteiger partial charge in [-0.25, -0.2) is 9.78 Å². The molecule has 0 bridgehead atoms. The predicted octanol–water partition coefficient (Wildman–Crippen LogP) is 2.52. The van der Waals surface area contributed by atoms with E-state index in [0.717, 1.165) is 11.1 Å². The number of nitrogens with zero attached hydrogens (tertiary/aromatic N) is 3. The molecule has 0 aliphatic rings. The van der Waals surface area contributed by atoms with Crippen LogP contribution in [0.5, 0.6) is 0 Å². The zero-order chi connectivity index (χ0) is 17.1. The van der Waals surface area contributed by atoms with Gasteiger partial charge in [-0.05, 0) is 31.1 Å². The molecule has 24 heavy (non-hydrogen) atoms. The van der Waals surface area contributed by atoms with Gasteiger partial charge in [-0.3, -0.25) is 4.79 Å². The number of carbonyl (C=O) groups excluding carboxylic acids is 1. The topological polar surface area (TPSA) is 73.6 Å². The lowest BCUT2D eigenvalue weighted by Crippen LogP contribution is -2.14. The normalized spacial score (nSPS) is 11.2. The second-order valence-corrected chi connectivity index (χ2v) is 6.26. The minimum absolute atomic E-state index is 0.00343. The summed E-state index contributed by atoms with van der Waals surface area (Å²) >= 11 is 1.22. The fraction of sp³-hybridized carbons (Fsp3) is 0.176. The number of hydrogen-bond acceptors (Lipinski definition) is 6. The predicted molar refractivity (Wildman–Crippen MR) is 91.9 cm³/mol. The van der Waals surface area contributed by atoms with Gasteiger partial charge in [-0.15, -0.1) is 0 Å². The van der Waals surface area contributed by atoms with E-state index in [9.17, 15) is 9.59 Å². The molecule has 7 heteroatoms. The van der Waals surface area contributed by atoms with E-state index >= 15 is 0 Å². The number of ether oxygens (including phenoxy) is 1. The van der Waals surface area contributed by atoms with Gasteiger partial charge in [-0.2, -0.15) is 9.61 Å². The Morgan fingerprint density at radius 1 is 1.33 bits per heavy atom. The van der Waals surface area contributed by atoms with Crippen molar-refractivity contribution in [3.8, 4) is 0 Å². The Morgan fingerprint density at radius 2 is 2.12 bits per heavy atom. The number of aryl methyl sites for hydroxylation is 2. The molecule has 2 aromatic heterocycles. The lowest BCUT2D eigenvalue weighted by molar-refractivity contribution is -0.138. The van der Waals surface area contributed by atoms with E-state index in [4.69, 9.17) is 4.74 Å². The van der Waals surface area contributed by atoms with Crippen LogP contribution < -0.4 is 5.56 Å². The van der Waals surface area contributed by atoms with Crippen molar-refractivity contribution in [2.45, 2.75) is 20.5 Å². The van der Waals surface area contributed by atoms with Crippen LogP contribution in [0.2, 0.25) is 0 Å². The first-order chi connectivity index (χ1) is 11.5. The first-order valence-corrected chi connectivity index (χ1v) is 8.11. The second-order valence-electron chi connectivity index (χ2n) is 5.22. The van der Waals surface area contributed by atoms with Crippen LogP contribution in [0, 0.1) is 13.8 Å². The highest BCUT2D eigenvalue weighted by molar-refractivity contribution is 7.16. The number of rotatable bonds is 4. The Kier molecular flexibility index (Phi) is 4.52. The van der Waals surface area contributed by atoms with E-state index in [-0.39, 0.29) is 12.2 Å². The van der Waals surface area contributed by atoms with Crippen molar-refractivity contribution < 1.29 is 9.53 Å². The number of carbonyl (C=O) groups is 1. The highest BCUT2D eigenvalue weighted by atomic mass is 32.1. The molecule has 0 aliphatic carbocycles. The van der Waals surface area contributed by atoms with Gasteiger partial charge >= 0.3 is 5.97 Å². The van der Waals surface area contributed by atoms with E-state index in [1.165, 1.54) is 28.0 Å². The summed E-state index contributed by atoms with van der Waals surface area (Å²) in [6, 6.07) is 9.15. The summed E-state index contributed by atoms with van der Waals surface area (Å²) in [6.07, 6.45) is 3.09. The van der Waals surface area contributed by atoms with Crippen LogP contribution in [0.15, 0.2) is 41.2 Å². The third-order valence-corrected chi connectivity index (χ3v) is 4.22. The Hall–Kier alpha value is -2.80. The lowest BCUT2D eigenvalue weighted by atomic mass is 10.1. The first kappa shape index (κ1) is 16.1. The quantitative estimate of drug-likeness (QED) is 0.538. The summed E-state index contributed by atoms with van der Waals surface area (Å²) in [7, 11) is 0. The van der Waals surface area contributed by atoms with E-state index in [0.29, 0.717) is 15.7 Å². The van der Waals surface area contributed by atoms with Crippen LogP contribution in [0.1, 0.15) is 21.8 Å². The van der Waals surface area contributed by atoms with Crippen LogP contribution in [0.4, 0.5) is 0 Å². The van der Waals surface area contributed by atoms with Crippen LogP contribution in [0.3, 0.4) is 0 Å². The molecular weight excluding hydrogens is 326 g/mol. The van der Waals surface area contributed by atoms with Crippen LogP contribution >= 0.6 is 11.3 Å². The van der Waals surface area contributed by atoms with Gasteiger partial charge in [0.15, 0.2) is 5.01 Å². The summed E-state index contributed by atoms with van der Waals surface area (Å²) in [5.74, 6) is -0.464. The minimum Gasteiger partial charge on any atom is -0.455 e. The number of aromatic nitrogens is 3. The highest BCUT2D eigenvalue weighted by Crippen LogP contribution is 2.13. The number of fused-ring (bicyclic) bond motifs is 1. The number of hydrogen-bond donors (Lipinski definition) is 0. The van der Waals surface area contributed by atoms with Gasteiger partial charge in [0, 0.05) is 17.8 Å². The fourth-order valence-corrected chi connectivity index (χ4v) is 2.99. The van der Waals surface area contributed by atoms with Crippen molar-refractivity contribution in [2.75, 3.05) is 0 Å². The maximum atomic E-state index is 11.8. The summed E-state index contributed by atoms with van der Waals surface area (Å²) in [4.78, 5) is 28.3. The molecule has 1 aromatic carbocycles. The van der Waals surface area contributed by atoms with Crippen molar-refractivity contribution in [1.82, 2.24) is 14.6 Å². The van der Waals surface area contributed by atoms with Crippen LogP contribution in [0.25, 0.3) is 11.0 Å². The molecule has 3 aromatic rings. The van der Waals surface area contributed by atoms with Crippen molar-refractivity contribution in [3.63, 3.8) is 0 Å². The van der Waals surface area contributed by atoms with Crippen LogP contribution in [-0.4, -0.2) is 20.6 Å². The molecule has 0 spiro atoms. The Morgan fingerprint density at radius 3 is 2.92 bits per heavy atom. The molecule has 0 atom stereocenters. The molecule has 0 unspecified atom stereocenters. The molecule has 3 rings (SSSR count). The van der Waals surface area contributed by atoms with Gasteiger partial charge in [0.05, 0.1) is 0 Å². The summed E-state index contributed by atoms with van der Waals surface area (Å²) in [5.41, 5.74) is 2.42. The summed E-state index contributed by atoms with van der Waals surface area (Å²) in [5, 5.41) is 4.63. The third kappa shape index (κ3) is 3.57. The lowest BCUT2D eigenvalue weighted by Gasteiger charge is -1.99. The van der Waals surface area contributed by atoms with Crippen molar-refractivity contribution in [2.24, 2.45) is 0 Å². The maximum Gasteiger partial charge on any atom is 0.331 e. The van der Waals surface area contributed by atoms with Gasteiger partial charge in [-0.1, -0.05) is 35.6 Å². The first-order valence-electron chi connectivity index (χ1n) is 7.30. The molecule has 6 nitrogen and oxygen atoms in total. The van der Waals surface area contributed by atoms with Crippen molar-refractivity contribution in [3.05, 3.63) is 68.6 Å². The smallest absolute Gasteiger partial charge is 0.331 e. The van der Waals surface area contributed by atoms with E-state index < -0.39 is 5.97 Å². The third-order valence-electron chi connectivity index (χ3n) is 3.34. The SMILES string of the molecule is Cc1cc(=O)n2nc(COC(=O)/C=C/c3ccccc3C)sc2n1. The average Bonchev–Trinajstić information content (AvgIpc) is 2.95. The molecular formula is C17H15N3O3S. The maximum absolute atomic E-state index is 11.8.